The quantitative estimate of drug-likeness (QED) is 0.0456. The zero-order valence-corrected chi connectivity index (χ0v) is 64.6. The maximum atomic E-state index is 13.2. The van der Waals surface area contributed by atoms with Crippen molar-refractivity contribution in [2.24, 2.45) is 0 Å². The molecule has 3 aliphatic rings. The summed E-state index contributed by atoms with van der Waals surface area (Å²) in [5.41, 5.74) is 12.3. The highest BCUT2D eigenvalue weighted by Crippen LogP contribution is 2.25. The van der Waals surface area contributed by atoms with E-state index in [1.807, 2.05) is 280 Å². The van der Waals surface area contributed by atoms with E-state index >= 15 is 0 Å². The van der Waals surface area contributed by atoms with Gasteiger partial charge in [0.2, 0.25) is 0 Å². The van der Waals surface area contributed by atoms with Gasteiger partial charge in [0.1, 0.15) is 5.82 Å². The van der Waals surface area contributed by atoms with Crippen LogP contribution in [0.25, 0.3) is 24.3 Å². The van der Waals surface area contributed by atoms with Gasteiger partial charge in [-0.15, -0.1) is 0 Å². The van der Waals surface area contributed by atoms with Crippen LogP contribution in [0.4, 0.5) is 10.1 Å². The molecule has 3 saturated heterocycles. The monoisotopic (exact) mass is 1550 g/mol. The van der Waals surface area contributed by atoms with Crippen LogP contribution in [0.2, 0.25) is 15.1 Å². The van der Waals surface area contributed by atoms with Gasteiger partial charge in [-0.2, -0.15) is 0 Å². The highest BCUT2D eigenvalue weighted by molar-refractivity contribution is 9.10. The Balaban J connectivity index is 0.000000153. The zero-order valence-electron chi connectivity index (χ0n) is 60.7. The maximum Gasteiger partial charge on any atom is 0.190 e. The lowest BCUT2D eigenvalue weighted by Crippen LogP contribution is -2.47. The molecule has 10 nitrogen and oxygen atoms in total. The highest BCUT2D eigenvalue weighted by Gasteiger charge is 2.24. The Bertz CT molecular complexity index is 4570. The van der Waals surface area contributed by atoms with E-state index in [4.69, 9.17) is 34.8 Å². The van der Waals surface area contributed by atoms with Crippen molar-refractivity contribution in [3.8, 4) is 0 Å². The lowest BCUT2D eigenvalue weighted by atomic mass is 9.99. The lowest BCUT2D eigenvalue weighted by molar-refractivity contribution is 0.100. The van der Waals surface area contributed by atoms with Gasteiger partial charge in [-0.05, 0) is 165 Å². The summed E-state index contributed by atoms with van der Waals surface area (Å²) in [6.07, 6.45) is 11.7. The van der Waals surface area contributed by atoms with Crippen LogP contribution in [0.1, 0.15) is 88.5 Å². The molecule has 0 N–H and O–H groups in total. The van der Waals surface area contributed by atoms with Crippen molar-refractivity contribution in [2.75, 3.05) is 111 Å². The molecule has 0 aliphatic carbocycles. The number of ketones is 4. The number of piperazine rings is 2. The summed E-state index contributed by atoms with van der Waals surface area (Å²) in [5.74, 6) is 0.0800. The van der Waals surface area contributed by atoms with Crippen LogP contribution in [0, 0.1) is 5.82 Å². The summed E-state index contributed by atoms with van der Waals surface area (Å²) in [7, 11) is 4.18. The van der Waals surface area contributed by atoms with E-state index in [-0.39, 0.29) is 29.0 Å². The van der Waals surface area contributed by atoms with Crippen molar-refractivity contribution in [2.45, 2.75) is 25.8 Å². The van der Waals surface area contributed by atoms with Gasteiger partial charge in [-0.1, -0.05) is 257 Å². The standard InChI is InChI=1S/C26H24ClFN2O.C24H22BrNO.C21H23ClN2O.C21H22ClNO/c27-23-8-6-20(7-9-23)18-22(26(31)21-4-2-1-3-5-21)19-29-14-16-30(17-15-29)25-12-10-24(28)11-13-25;1-26(17-19-9-4-2-5-10-19)18-22(15-20-11-8-14-23(25)16-20)24(27)21-12-6-3-7-13-21;1-23-11-13-24(14-12-23)16-19(15-17-7-9-20(22)10-8-17)21(25)18-5-3-2-4-6-18;22-20-11-9-17(10-12-20)15-19(16-23-13-5-2-6-14-23)21(24)18-7-3-1-4-8-18/h1-13,18H,14-17,19H2;2-16H,17-18H2,1H3;2-10,15H,11-14,16H2,1H3;1,3-4,7-12,15H,2,5-6,13-14,16H2/b22-18+;22-15+;2*19-15+. The van der Waals surface area contributed by atoms with Crippen molar-refractivity contribution in [1.29, 1.82) is 0 Å². The fourth-order valence-corrected chi connectivity index (χ4v) is 13.6. The number of hydrogen-bond donors (Lipinski definition) is 0. The number of likely N-dealkylation sites (N-methyl/N-ethyl adjacent to an activating group) is 2. The Morgan fingerprint density at radius 2 is 0.729 bits per heavy atom. The molecular weight excluding hydrogens is 1460 g/mol. The van der Waals surface area contributed by atoms with Crippen LogP contribution >= 0.6 is 50.7 Å². The minimum Gasteiger partial charge on any atom is -0.369 e. The zero-order chi connectivity index (χ0) is 75.1. The van der Waals surface area contributed by atoms with Gasteiger partial charge in [0, 0.05) is 155 Å². The fraction of sp³-hybridized carbons (Fsp3) is 0.217. The third-order valence-electron chi connectivity index (χ3n) is 18.7. The minimum absolute atomic E-state index is 0.0384. The van der Waals surface area contributed by atoms with Gasteiger partial charge in [-0.3, -0.25) is 38.8 Å². The van der Waals surface area contributed by atoms with E-state index < -0.39 is 0 Å². The van der Waals surface area contributed by atoms with Crippen LogP contribution in [-0.4, -0.2) is 153 Å². The summed E-state index contributed by atoms with van der Waals surface area (Å²) in [4.78, 5) is 66.1. The number of halogens is 5. The largest absolute Gasteiger partial charge is 0.369 e. The Morgan fingerprint density at radius 1 is 0.383 bits per heavy atom. The third kappa shape index (κ3) is 26.6. The Morgan fingerprint density at radius 3 is 1.11 bits per heavy atom. The van der Waals surface area contributed by atoms with Crippen LogP contribution < -0.4 is 4.90 Å². The molecule has 107 heavy (non-hydrogen) atoms. The first kappa shape index (κ1) is 80.3. The van der Waals surface area contributed by atoms with E-state index in [1.54, 1.807) is 0 Å². The van der Waals surface area contributed by atoms with Gasteiger partial charge in [0.25, 0.3) is 0 Å². The van der Waals surface area contributed by atoms with Gasteiger partial charge < -0.3 is 9.80 Å². The third-order valence-corrected chi connectivity index (χ3v) is 19.9. The average Bonchev–Trinajstić information content (AvgIpc) is 0.902. The van der Waals surface area contributed by atoms with Crippen molar-refractivity contribution < 1.29 is 23.6 Å². The first-order chi connectivity index (χ1) is 52.0. The molecule has 13 rings (SSSR count). The molecule has 548 valence electrons. The molecule has 3 fully saturated rings. The molecule has 15 heteroatoms. The lowest BCUT2D eigenvalue weighted by Gasteiger charge is -2.36. The first-order valence-corrected chi connectivity index (χ1v) is 38.3. The van der Waals surface area contributed by atoms with Gasteiger partial charge >= 0.3 is 0 Å². The number of piperidine rings is 1. The van der Waals surface area contributed by atoms with E-state index in [1.165, 1.54) is 37.0 Å². The van der Waals surface area contributed by atoms with Gasteiger partial charge in [0.05, 0.1) is 0 Å². The molecule has 0 amide bonds. The summed E-state index contributed by atoms with van der Waals surface area (Å²) in [5, 5.41) is 2.08. The molecule has 3 heterocycles. The number of anilines is 1. The Labute approximate surface area is 654 Å². The van der Waals surface area contributed by atoms with E-state index in [2.05, 4.69) is 64.5 Å². The average molecular weight is 1550 g/mol. The second kappa shape index (κ2) is 42.3. The van der Waals surface area contributed by atoms with Gasteiger partial charge in [0.15, 0.2) is 23.1 Å². The maximum absolute atomic E-state index is 13.2. The number of likely N-dealkylation sites (tertiary alicyclic amines) is 1. The van der Waals surface area contributed by atoms with Crippen LogP contribution in [0.15, 0.2) is 300 Å². The Kier molecular flexibility index (Phi) is 31.7. The molecule has 0 unspecified atom stereocenters. The van der Waals surface area contributed by atoms with E-state index in [0.29, 0.717) is 52.4 Å². The predicted octanol–water partition coefficient (Wildman–Crippen LogP) is 20.4. The van der Waals surface area contributed by atoms with Gasteiger partial charge in [-0.25, -0.2) is 4.39 Å². The first-order valence-electron chi connectivity index (χ1n) is 36.4. The predicted molar refractivity (Wildman–Crippen MR) is 446 cm³/mol. The topological polar surface area (TPSA) is 87.7 Å². The molecule has 3 aliphatic heterocycles. The van der Waals surface area contributed by atoms with Crippen LogP contribution in [0.5, 0.6) is 0 Å². The van der Waals surface area contributed by atoms with E-state index in [0.717, 1.165) is 138 Å². The molecule has 0 bridgehead atoms. The molecule has 0 saturated carbocycles. The van der Waals surface area contributed by atoms with Crippen molar-refractivity contribution >= 4 is 104 Å². The highest BCUT2D eigenvalue weighted by atomic mass is 79.9. The number of Topliss-reactive ketones (excluding diaryl/α,β-unsaturated/α-hetero) is 4. The fourth-order valence-electron chi connectivity index (χ4n) is 12.8. The molecule has 0 aromatic heterocycles. The number of benzene rings is 10. The number of carbonyl (C=O) groups excluding carboxylic acids is 4. The SMILES string of the molecule is CN(C/C(=C\c1cccc(Br)c1)C(=O)c1ccccc1)Cc1ccccc1.CN1CCN(C/C(=C\c2ccc(Cl)cc2)C(=O)c2ccccc2)CC1.O=C(/C(=C/c1ccc(Cl)cc1)CN1CCCCC1)c1ccccc1.O=C(/C(=C/c1ccc(Cl)cc1)CN1CCN(c2ccc(F)cc2)CC1)c1ccccc1. The Hall–Kier alpha value is -9.28. The summed E-state index contributed by atoms with van der Waals surface area (Å²) in [6.45, 7) is 12.8. The molecule has 0 spiro atoms. The molecular formula is C92H91BrCl3FN6O4. The number of rotatable bonds is 23. The van der Waals surface area contributed by atoms with Crippen molar-refractivity contribution in [3.63, 3.8) is 0 Å². The summed E-state index contributed by atoms with van der Waals surface area (Å²) >= 11 is 21.5. The van der Waals surface area contributed by atoms with Crippen LogP contribution in [0.3, 0.4) is 0 Å². The van der Waals surface area contributed by atoms with Crippen LogP contribution in [-0.2, 0) is 6.54 Å². The minimum atomic E-state index is -0.223. The second-order valence-electron chi connectivity index (χ2n) is 27.0. The molecule has 10 aromatic carbocycles. The summed E-state index contributed by atoms with van der Waals surface area (Å²) in [6, 6.07) is 85.5. The second-order valence-corrected chi connectivity index (χ2v) is 29.2. The number of hydrogen-bond acceptors (Lipinski definition) is 10. The molecule has 10 aromatic rings. The van der Waals surface area contributed by atoms with E-state index in [9.17, 15) is 23.6 Å². The normalized spacial score (nSPS) is 14.9. The summed E-state index contributed by atoms with van der Waals surface area (Å²) < 4.78 is 14.2. The number of nitrogens with zero attached hydrogens (tertiary/aromatic N) is 6. The molecule has 0 radical (unpaired) electrons. The van der Waals surface area contributed by atoms with Crippen molar-refractivity contribution in [3.05, 3.63) is 371 Å². The smallest absolute Gasteiger partial charge is 0.190 e. The van der Waals surface area contributed by atoms with Crippen molar-refractivity contribution in [1.82, 2.24) is 24.5 Å². The number of carbonyl (C=O) groups is 4. The molecule has 0 atom stereocenters.